The highest BCUT2D eigenvalue weighted by molar-refractivity contribution is 6.38. The summed E-state index contributed by atoms with van der Waals surface area (Å²) in [6.07, 6.45) is 1.39. The average molecular weight is 300 g/mol. The molecule has 100 valence electrons. The van der Waals surface area contributed by atoms with E-state index >= 15 is 0 Å². The lowest BCUT2D eigenvalue weighted by atomic mass is 10.1. The third-order valence-electron chi connectivity index (χ3n) is 2.54. The second-order valence-electron chi connectivity index (χ2n) is 3.71. The van der Waals surface area contributed by atoms with E-state index in [1.165, 1.54) is 13.3 Å². The number of hydrogen-bond acceptors (Lipinski definition) is 4. The van der Waals surface area contributed by atoms with Crippen LogP contribution in [0.5, 0.6) is 5.75 Å². The van der Waals surface area contributed by atoms with E-state index in [9.17, 15) is 4.79 Å². The second-order valence-corrected chi connectivity index (χ2v) is 4.55. The number of esters is 1. The number of ether oxygens (including phenoxy) is 2. The van der Waals surface area contributed by atoms with Crippen LogP contribution < -0.4 is 4.74 Å². The van der Waals surface area contributed by atoms with Crippen molar-refractivity contribution in [1.29, 1.82) is 0 Å². The van der Waals surface area contributed by atoms with Gasteiger partial charge in [0.1, 0.15) is 11.3 Å². The van der Waals surface area contributed by atoms with Gasteiger partial charge in [-0.3, -0.25) is 4.98 Å². The van der Waals surface area contributed by atoms with Crippen molar-refractivity contribution >= 4 is 40.1 Å². The fourth-order valence-corrected chi connectivity index (χ4v) is 2.32. The molecule has 0 N–H and O–H groups in total. The van der Waals surface area contributed by atoms with E-state index in [1.807, 2.05) is 0 Å². The first-order chi connectivity index (χ1) is 9.08. The molecule has 0 radical (unpaired) electrons. The van der Waals surface area contributed by atoms with Gasteiger partial charge in [0.05, 0.1) is 24.3 Å². The lowest BCUT2D eigenvalue weighted by Gasteiger charge is -2.11. The Hall–Kier alpha value is -1.52. The van der Waals surface area contributed by atoms with Crippen LogP contribution in [0.15, 0.2) is 18.3 Å². The van der Waals surface area contributed by atoms with E-state index in [1.54, 1.807) is 19.1 Å². The number of methoxy groups -OCH3 is 1. The standard InChI is InChI=1S/C13H11Cl2NO3/c1-3-19-13(17)9-6-16-11-8(12(9)18-2)4-7(14)5-10(11)15/h4-6H,3H2,1-2H3. The molecule has 1 aromatic carbocycles. The van der Waals surface area contributed by atoms with Crippen LogP contribution in [0.3, 0.4) is 0 Å². The van der Waals surface area contributed by atoms with Crippen LogP contribution in [-0.4, -0.2) is 24.7 Å². The molecule has 1 heterocycles. The van der Waals surface area contributed by atoms with Crippen molar-refractivity contribution in [3.63, 3.8) is 0 Å². The lowest BCUT2D eigenvalue weighted by Crippen LogP contribution is -2.08. The predicted octanol–water partition coefficient (Wildman–Crippen LogP) is 3.73. The number of aromatic nitrogens is 1. The first-order valence-electron chi connectivity index (χ1n) is 5.57. The van der Waals surface area contributed by atoms with Crippen molar-refractivity contribution in [2.24, 2.45) is 0 Å². The zero-order chi connectivity index (χ0) is 14.0. The number of nitrogens with zero attached hydrogens (tertiary/aromatic N) is 1. The van der Waals surface area contributed by atoms with Gasteiger partial charge < -0.3 is 9.47 Å². The van der Waals surface area contributed by atoms with Gasteiger partial charge in [0.15, 0.2) is 0 Å². The summed E-state index contributed by atoms with van der Waals surface area (Å²) in [5.74, 6) is -0.141. The van der Waals surface area contributed by atoms with Gasteiger partial charge >= 0.3 is 5.97 Å². The minimum Gasteiger partial charge on any atom is -0.495 e. The molecule has 0 fully saturated rings. The number of pyridine rings is 1. The Morgan fingerprint density at radius 3 is 2.74 bits per heavy atom. The van der Waals surface area contributed by atoms with Gasteiger partial charge in [-0.2, -0.15) is 0 Å². The van der Waals surface area contributed by atoms with Gasteiger partial charge in [-0.1, -0.05) is 23.2 Å². The SMILES string of the molecule is CCOC(=O)c1cnc2c(Cl)cc(Cl)cc2c1OC. The van der Waals surface area contributed by atoms with E-state index in [0.717, 1.165) is 0 Å². The van der Waals surface area contributed by atoms with Crippen LogP contribution in [0.1, 0.15) is 17.3 Å². The number of carbonyl (C=O) groups excluding carboxylic acids is 1. The fourth-order valence-electron chi connectivity index (χ4n) is 1.78. The molecule has 0 amide bonds. The summed E-state index contributed by atoms with van der Waals surface area (Å²) in [5, 5.41) is 1.42. The molecule has 1 aromatic heterocycles. The maximum absolute atomic E-state index is 11.8. The van der Waals surface area contributed by atoms with Gasteiger partial charge in [0.25, 0.3) is 0 Å². The normalized spacial score (nSPS) is 10.5. The van der Waals surface area contributed by atoms with E-state index in [-0.39, 0.29) is 12.2 Å². The Morgan fingerprint density at radius 1 is 1.37 bits per heavy atom. The highest BCUT2D eigenvalue weighted by atomic mass is 35.5. The van der Waals surface area contributed by atoms with Crippen molar-refractivity contribution in [3.8, 4) is 5.75 Å². The number of carbonyl (C=O) groups is 1. The Balaban J connectivity index is 2.72. The number of rotatable bonds is 3. The average Bonchev–Trinajstić information content (AvgIpc) is 2.37. The molecule has 0 unspecified atom stereocenters. The highest BCUT2D eigenvalue weighted by Gasteiger charge is 2.18. The number of benzene rings is 1. The Bertz CT molecular complexity index is 643. The van der Waals surface area contributed by atoms with E-state index in [2.05, 4.69) is 4.98 Å². The molecule has 0 saturated heterocycles. The largest absolute Gasteiger partial charge is 0.495 e. The maximum Gasteiger partial charge on any atom is 0.343 e. The highest BCUT2D eigenvalue weighted by Crippen LogP contribution is 2.34. The van der Waals surface area contributed by atoms with E-state index < -0.39 is 5.97 Å². The van der Waals surface area contributed by atoms with Gasteiger partial charge in [-0.25, -0.2) is 4.79 Å². The van der Waals surface area contributed by atoms with Crippen molar-refractivity contribution in [1.82, 2.24) is 4.98 Å². The minimum atomic E-state index is -0.496. The molecule has 0 spiro atoms. The molecule has 0 bridgehead atoms. The molecule has 2 aromatic rings. The summed E-state index contributed by atoms with van der Waals surface area (Å²) in [6.45, 7) is 2.00. The molecule has 4 nitrogen and oxygen atoms in total. The molecule has 2 rings (SSSR count). The molecular formula is C13H11Cl2NO3. The Morgan fingerprint density at radius 2 is 2.11 bits per heavy atom. The monoisotopic (exact) mass is 299 g/mol. The van der Waals surface area contributed by atoms with Crippen molar-refractivity contribution in [2.75, 3.05) is 13.7 Å². The zero-order valence-electron chi connectivity index (χ0n) is 10.4. The molecule has 19 heavy (non-hydrogen) atoms. The lowest BCUT2D eigenvalue weighted by molar-refractivity contribution is 0.0522. The number of fused-ring (bicyclic) bond motifs is 1. The smallest absolute Gasteiger partial charge is 0.343 e. The third-order valence-corrected chi connectivity index (χ3v) is 3.05. The zero-order valence-corrected chi connectivity index (χ0v) is 11.9. The van der Waals surface area contributed by atoms with Crippen LogP contribution >= 0.6 is 23.2 Å². The molecule has 0 atom stereocenters. The molecule has 0 aliphatic carbocycles. The Labute approximate surface area is 120 Å². The minimum absolute atomic E-state index is 0.246. The van der Waals surface area contributed by atoms with Crippen molar-refractivity contribution in [2.45, 2.75) is 6.92 Å². The third kappa shape index (κ3) is 2.60. The molecule has 0 saturated carbocycles. The quantitative estimate of drug-likeness (QED) is 0.810. The predicted molar refractivity (Wildman–Crippen MR) is 74.3 cm³/mol. The summed E-state index contributed by atoms with van der Waals surface area (Å²) in [6, 6.07) is 3.24. The van der Waals surface area contributed by atoms with Crippen LogP contribution in [0.2, 0.25) is 10.0 Å². The first-order valence-corrected chi connectivity index (χ1v) is 6.33. The van der Waals surface area contributed by atoms with Gasteiger partial charge in [0.2, 0.25) is 0 Å². The summed E-state index contributed by atoms with van der Waals surface area (Å²) >= 11 is 12.0. The van der Waals surface area contributed by atoms with Gasteiger partial charge in [-0.15, -0.1) is 0 Å². The molecule has 6 heteroatoms. The van der Waals surface area contributed by atoms with Crippen LogP contribution in [0.4, 0.5) is 0 Å². The fraction of sp³-hybridized carbons (Fsp3) is 0.231. The van der Waals surface area contributed by atoms with E-state index in [4.69, 9.17) is 32.7 Å². The number of halogens is 2. The summed E-state index contributed by atoms with van der Waals surface area (Å²) in [4.78, 5) is 16.0. The second kappa shape index (κ2) is 5.63. The summed E-state index contributed by atoms with van der Waals surface area (Å²) in [5.41, 5.74) is 0.770. The summed E-state index contributed by atoms with van der Waals surface area (Å²) < 4.78 is 10.2. The van der Waals surface area contributed by atoms with Gasteiger partial charge in [0, 0.05) is 16.6 Å². The first kappa shape index (κ1) is 13.9. The summed E-state index contributed by atoms with van der Waals surface area (Å²) in [7, 11) is 1.46. The number of hydrogen-bond donors (Lipinski definition) is 0. The molecular weight excluding hydrogens is 289 g/mol. The molecule has 0 aliphatic heterocycles. The topological polar surface area (TPSA) is 48.4 Å². The maximum atomic E-state index is 11.8. The Kier molecular flexibility index (Phi) is 4.12. The molecule has 0 aliphatic rings. The van der Waals surface area contributed by atoms with Crippen molar-refractivity contribution in [3.05, 3.63) is 33.9 Å². The van der Waals surface area contributed by atoms with Crippen LogP contribution in [0, 0.1) is 0 Å². The van der Waals surface area contributed by atoms with Crippen LogP contribution in [0.25, 0.3) is 10.9 Å². The van der Waals surface area contributed by atoms with E-state index in [0.29, 0.717) is 26.7 Å². The van der Waals surface area contributed by atoms with Crippen molar-refractivity contribution < 1.29 is 14.3 Å². The van der Waals surface area contributed by atoms with Gasteiger partial charge in [-0.05, 0) is 19.1 Å². The van der Waals surface area contributed by atoms with Crippen LogP contribution in [-0.2, 0) is 4.74 Å².